The van der Waals surface area contributed by atoms with E-state index in [1.165, 1.54) is 6.07 Å². The number of nitrogens with zero attached hydrogens (tertiary/aromatic N) is 1. The molecule has 3 rings (SSSR count). The van der Waals surface area contributed by atoms with Crippen LogP contribution in [0.1, 0.15) is 15.9 Å². The molecule has 0 radical (unpaired) electrons. The van der Waals surface area contributed by atoms with Gasteiger partial charge in [-0.2, -0.15) is 0 Å². The first kappa shape index (κ1) is 13.1. The maximum absolute atomic E-state index is 13.7. The highest BCUT2D eigenvalue weighted by atomic mass is 79.9. The Bertz CT molecular complexity index is 794. The van der Waals surface area contributed by atoms with Crippen LogP contribution in [0, 0.1) is 5.82 Å². The van der Waals surface area contributed by atoms with Crippen LogP contribution in [0.2, 0.25) is 0 Å². The monoisotopic (exact) mass is 331 g/mol. The van der Waals surface area contributed by atoms with Crippen LogP contribution < -0.4 is 0 Å². The Morgan fingerprint density at radius 1 is 1.20 bits per heavy atom. The molecule has 4 heteroatoms. The number of rotatable bonds is 3. The molecular formula is C16H11BrFNO. The zero-order chi connectivity index (χ0) is 14.1. The molecule has 1 heterocycles. The zero-order valence-electron chi connectivity index (χ0n) is 10.5. The first-order valence-corrected chi connectivity index (χ1v) is 6.95. The van der Waals surface area contributed by atoms with Crippen molar-refractivity contribution in [2.24, 2.45) is 0 Å². The molecule has 0 aliphatic heterocycles. The van der Waals surface area contributed by atoms with Gasteiger partial charge < -0.3 is 4.57 Å². The molecule has 0 fully saturated rings. The molecule has 0 unspecified atom stereocenters. The Hall–Kier alpha value is -1.94. The Morgan fingerprint density at radius 3 is 2.75 bits per heavy atom. The van der Waals surface area contributed by atoms with Gasteiger partial charge in [-0.05, 0) is 24.3 Å². The van der Waals surface area contributed by atoms with Crippen molar-refractivity contribution >= 4 is 33.1 Å². The molecule has 0 saturated heterocycles. The van der Waals surface area contributed by atoms with Gasteiger partial charge in [-0.25, -0.2) is 4.39 Å². The van der Waals surface area contributed by atoms with Gasteiger partial charge in [0.25, 0.3) is 0 Å². The number of fused-ring (bicyclic) bond motifs is 1. The van der Waals surface area contributed by atoms with Crippen molar-refractivity contribution in [2.45, 2.75) is 6.54 Å². The van der Waals surface area contributed by atoms with Crippen molar-refractivity contribution in [3.05, 3.63) is 70.1 Å². The number of carbonyl (C=O) groups excluding carboxylic acids is 1. The summed E-state index contributed by atoms with van der Waals surface area (Å²) in [5.41, 5.74) is 2.13. The lowest BCUT2D eigenvalue weighted by molar-refractivity contribution is 0.112. The third kappa shape index (κ3) is 2.27. The smallest absolute Gasteiger partial charge is 0.152 e. The quantitative estimate of drug-likeness (QED) is 0.652. The van der Waals surface area contributed by atoms with Gasteiger partial charge in [0.2, 0.25) is 0 Å². The number of aromatic nitrogens is 1. The van der Waals surface area contributed by atoms with Gasteiger partial charge >= 0.3 is 0 Å². The van der Waals surface area contributed by atoms with Gasteiger partial charge in [-0.1, -0.05) is 34.1 Å². The van der Waals surface area contributed by atoms with Gasteiger partial charge in [-0.15, -0.1) is 0 Å². The third-order valence-corrected chi connectivity index (χ3v) is 3.79. The van der Waals surface area contributed by atoms with Gasteiger partial charge in [0.15, 0.2) is 6.29 Å². The molecule has 20 heavy (non-hydrogen) atoms. The third-order valence-electron chi connectivity index (χ3n) is 3.30. The highest BCUT2D eigenvalue weighted by Crippen LogP contribution is 2.25. The molecule has 0 aliphatic rings. The number of hydrogen-bond acceptors (Lipinski definition) is 1. The van der Waals surface area contributed by atoms with E-state index in [0.29, 0.717) is 17.7 Å². The number of hydrogen-bond donors (Lipinski definition) is 0. The minimum Gasteiger partial charge on any atom is -0.342 e. The Morgan fingerprint density at radius 2 is 2.00 bits per heavy atom. The summed E-state index contributed by atoms with van der Waals surface area (Å²) in [6.45, 7) is 0.401. The Labute approximate surface area is 124 Å². The summed E-state index contributed by atoms with van der Waals surface area (Å²) >= 11 is 3.40. The highest BCUT2D eigenvalue weighted by molar-refractivity contribution is 9.10. The van der Waals surface area contributed by atoms with E-state index in [0.717, 1.165) is 21.7 Å². The van der Waals surface area contributed by atoms with E-state index >= 15 is 0 Å². The maximum atomic E-state index is 13.7. The fourth-order valence-electron chi connectivity index (χ4n) is 2.33. The molecule has 2 aromatic carbocycles. The first-order valence-electron chi connectivity index (χ1n) is 6.16. The van der Waals surface area contributed by atoms with Gasteiger partial charge in [0.05, 0.1) is 6.54 Å². The summed E-state index contributed by atoms with van der Waals surface area (Å²) in [6.07, 6.45) is 2.59. The van der Waals surface area contributed by atoms with Crippen LogP contribution in [-0.4, -0.2) is 10.9 Å². The minimum absolute atomic E-state index is 0.237. The lowest BCUT2D eigenvalue weighted by Crippen LogP contribution is -2.00. The molecule has 0 N–H and O–H groups in total. The molecule has 1 aromatic heterocycles. The molecular weight excluding hydrogens is 321 g/mol. The summed E-state index contributed by atoms with van der Waals surface area (Å²) in [5, 5.41) is 0.866. The van der Waals surface area contributed by atoms with Crippen LogP contribution in [0.15, 0.2) is 53.1 Å². The van der Waals surface area contributed by atoms with E-state index in [9.17, 15) is 9.18 Å². The zero-order valence-corrected chi connectivity index (χ0v) is 12.1. The fraction of sp³-hybridized carbons (Fsp3) is 0.0625. The summed E-state index contributed by atoms with van der Waals surface area (Å²) < 4.78 is 16.5. The van der Waals surface area contributed by atoms with E-state index in [2.05, 4.69) is 15.9 Å². The minimum atomic E-state index is -0.237. The van der Waals surface area contributed by atoms with Crippen molar-refractivity contribution in [1.29, 1.82) is 0 Å². The lowest BCUT2D eigenvalue weighted by atomic mass is 10.2. The number of aldehydes is 1. The molecule has 2 nitrogen and oxygen atoms in total. The van der Waals surface area contributed by atoms with E-state index < -0.39 is 0 Å². The van der Waals surface area contributed by atoms with Crippen molar-refractivity contribution in [2.75, 3.05) is 0 Å². The van der Waals surface area contributed by atoms with Crippen LogP contribution >= 0.6 is 15.9 Å². The second-order valence-electron chi connectivity index (χ2n) is 4.58. The van der Waals surface area contributed by atoms with E-state index in [-0.39, 0.29) is 5.82 Å². The Kier molecular flexibility index (Phi) is 3.40. The predicted molar refractivity (Wildman–Crippen MR) is 80.5 cm³/mol. The van der Waals surface area contributed by atoms with E-state index in [1.54, 1.807) is 24.4 Å². The Balaban J connectivity index is 2.13. The second kappa shape index (κ2) is 5.21. The summed E-state index contributed by atoms with van der Waals surface area (Å²) in [6, 6.07) is 12.4. The molecule has 0 bridgehead atoms. The normalized spacial score (nSPS) is 10.9. The molecule has 0 aliphatic carbocycles. The van der Waals surface area contributed by atoms with Crippen LogP contribution in [0.5, 0.6) is 0 Å². The molecule has 0 amide bonds. The molecule has 100 valence electrons. The lowest BCUT2D eigenvalue weighted by Gasteiger charge is -2.06. The van der Waals surface area contributed by atoms with E-state index in [1.807, 2.05) is 22.8 Å². The van der Waals surface area contributed by atoms with Gasteiger partial charge in [0.1, 0.15) is 5.82 Å². The predicted octanol–water partition coefficient (Wildman–Crippen LogP) is 4.40. The number of halogens is 2. The van der Waals surface area contributed by atoms with Crippen molar-refractivity contribution in [1.82, 2.24) is 4.57 Å². The summed E-state index contributed by atoms with van der Waals surface area (Å²) in [7, 11) is 0. The topological polar surface area (TPSA) is 22.0 Å². The average molecular weight is 332 g/mol. The average Bonchev–Trinajstić information content (AvgIpc) is 2.78. The second-order valence-corrected chi connectivity index (χ2v) is 5.50. The first-order chi connectivity index (χ1) is 9.69. The fourth-order valence-corrected chi connectivity index (χ4v) is 2.69. The van der Waals surface area contributed by atoms with Crippen molar-refractivity contribution < 1.29 is 9.18 Å². The molecule has 3 aromatic rings. The number of carbonyl (C=O) groups is 1. The summed E-state index contributed by atoms with van der Waals surface area (Å²) in [5.74, 6) is -0.237. The van der Waals surface area contributed by atoms with Crippen LogP contribution in [0.25, 0.3) is 10.9 Å². The van der Waals surface area contributed by atoms with Crippen LogP contribution in [0.3, 0.4) is 0 Å². The standard InChI is InChI=1S/C16H11BrFNO/c17-13-5-6-16-14(7-13)12(10-20)9-19(16)8-11-3-1-2-4-15(11)18/h1-7,9-10H,8H2. The molecule has 0 saturated carbocycles. The van der Waals surface area contributed by atoms with Crippen molar-refractivity contribution in [3.8, 4) is 0 Å². The number of benzene rings is 2. The van der Waals surface area contributed by atoms with Crippen LogP contribution in [-0.2, 0) is 6.54 Å². The SMILES string of the molecule is O=Cc1cn(Cc2ccccc2F)c2ccc(Br)cc12. The van der Waals surface area contributed by atoms with Crippen LogP contribution in [0.4, 0.5) is 4.39 Å². The van der Waals surface area contributed by atoms with Gasteiger partial charge in [-0.3, -0.25) is 4.79 Å². The van der Waals surface area contributed by atoms with Crippen molar-refractivity contribution in [3.63, 3.8) is 0 Å². The molecule has 0 spiro atoms. The highest BCUT2D eigenvalue weighted by Gasteiger charge is 2.10. The van der Waals surface area contributed by atoms with E-state index in [4.69, 9.17) is 0 Å². The molecule has 0 atom stereocenters. The maximum Gasteiger partial charge on any atom is 0.152 e. The van der Waals surface area contributed by atoms with Gasteiger partial charge in [0, 0.05) is 32.7 Å². The summed E-state index contributed by atoms with van der Waals surface area (Å²) in [4.78, 5) is 11.2. The largest absolute Gasteiger partial charge is 0.342 e.